The Morgan fingerprint density at radius 2 is 1.87 bits per heavy atom. The molecule has 2 heteroatoms. The van der Waals surface area contributed by atoms with Crippen LogP contribution in [-0.4, -0.2) is 37.1 Å². The smallest absolute Gasteiger partial charge is 0.0158 e. The van der Waals surface area contributed by atoms with Crippen LogP contribution in [0.15, 0.2) is 0 Å². The highest BCUT2D eigenvalue weighted by molar-refractivity contribution is 5.08. The van der Waals surface area contributed by atoms with Gasteiger partial charge in [-0.15, -0.1) is 0 Å². The van der Waals surface area contributed by atoms with Crippen LogP contribution in [0.3, 0.4) is 0 Å². The number of nitrogens with one attached hydrogen (secondary N) is 1. The van der Waals surface area contributed by atoms with E-state index in [-0.39, 0.29) is 0 Å². The first-order chi connectivity index (χ1) is 7.42. The van der Waals surface area contributed by atoms with Crippen molar-refractivity contribution >= 4 is 0 Å². The Morgan fingerprint density at radius 3 is 2.47 bits per heavy atom. The van der Waals surface area contributed by atoms with E-state index in [2.05, 4.69) is 17.1 Å². The molecule has 0 aromatic rings. The number of piperazine rings is 1. The maximum atomic E-state index is 3.47. The van der Waals surface area contributed by atoms with E-state index in [1.54, 1.807) is 0 Å². The summed E-state index contributed by atoms with van der Waals surface area (Å²) in [6.07, 6.45) is 5.93. The van der Waals surface area contributed by atoms with Gasteiger partial charge in [-0.05, 0) is 37.0 Å². The van der Waals surface area contributed by atoms with E-state index in [0.29, 0.717) is 0 Å². The molecule has 4 atom stereocenters. The van der Waals surface area contributed by atoms with Crippen molar-refractivity contribution in [1.82, 2.24) is 10.2 Å². The van der Waals surface area contributed by atoms with Gasteiger partial charge < -0.3 is 5.32 Å². The Labute approximate surface area is 93.4 Å². The zero-order chi connectivity index (χ0) is 10.3. The van der Waals surface area contributed by atoms with Crippen LogP contribution >= 0.6 is 0 Å². The number of hydrogen-bond donors (Lipinski definition) is 1. The number of hydrogen-bond acceptors (Lipinski definition) is 2. The van der Waals surface area contributed by atoms with Gasteiger partial charge in [-0.3, -0.25) is 4.90 Å². The number of nitrogens with zero attached hydrogens (tertiary/aromatic N) is 1. The van der Waals surface area contributed by atoms with E-state index >= 15 is 0 Å². The summed E-state index contributed by atoms with van der Waals surface area (Å²) in [5.74, 6) is 3.29. The van der Waals surface area contributed by atoms with Crippen LogP contribution in [0.2, 0.25) is 0 Å². The fraction of sp³-hybridized carbons (Fsp3) is 1.00. The molecule has 4 unspecified atom stereocenters. The Hall–Kier alpha value is -0.0800. The molecule has 1 aliphatic heterocycles. The maximum Gasteiger partial charge on any atom is 0.0158 e. The third kappa shape index (κ3) is 1.53. The molecule has 2 aliphatic carbocycles. The highest BCUT2D eigenvalue weighted by Gasteiger charge is 2.56. The van der Waals surface area contributed by atoms with Gasteiger partial charge in [0.25, 0.3) is 0 Å². The molecule has 0 aromatic carbocycles. The summed E-state index contributed by atoms with van der Waals surface area (Å²) in [7, 11) is 0. The molecule has 1 saturated heterocycles. The lowest BCUT2D eigenvalue weighted by Gasteiger charge is -2.63. The van der Waals surface area contributed by atoms with Gasteiger partial charge in [-0.2, -0.15) is 0 Å². The molecular formula is C13H24N2. The van der Waals surface area contributed by atoms with Gasteiger partial charge in [0.2, 0.25) is 0 Å². The normalized spacial score (nSPS) is 45.4. The van der Waals surface area contributed by atoms with Gasteiger partial charge >= 0.3 is 0 Å². The lowest BCUT2D eigenvalue weighted by atomic mass is 9.48. The SMILES string of the molecule is CCCC1C2CCC2C1N1CCNCC1. The minimum atomic E-state index is 0.978. The molecule has 86 valence electrons. The summed E-state index contributed by atoms with van der Waals surface area (Å²) < 4.78 is 0. The lowest BCUT2D eigenvalue weighted by molar-refractivity contribution is -0.132. The molecule has 0 aromatic heterocycles. The minimum Gasteiger partial charge on any atom is -0.314 e. The molecule has 1 N–H and O–H groups in total. The largest absolute Gasteiger partial charge is 0.314 e. The average Bonchev–Trinajstić information content (AvgIpc) is 2.25. The third-order valence-corrected chi connectivity index (χ3v) is 5.01. The van der Waals surface area contributed by atoms with Crippen molar-refractivity contribution in [2.45, 2.75) is 38.6 Å². The predicted molar refractivity (Wildman–Crippen MR) is 62.8 cm³/mol. The van der Waals surface area contributed by atoms with Crippen LogP contribution < -0.4 is 5.32 Å². The Bertz CT molecular complexity index is 218. The maximum absolute atomic E-state index is 3.47. The van der Waals surface area contributed by atoms with E-state index < -0.39 is 0 Å². The highest BCUT2D eigenvalue weighted by atomic mass is 15.2. The van der Waals surface area contributed by atoms with E-state index in [4.69, 9.17) is 0 Å². The van der Waals surface area contributed by atoms with E-state index in [0.717, 1.165) is 23.8 Å². The molecule has 1 heterocycles. The zero-order valence-electron chi connectivity index (χ0n) is 9.91. The van der Waals surface area contributed by atoms with Gasteiger partial charge in [0.05, 0.1) is 0 Å². The molecular weight excluding hydrogens is 184 g/mol. The van der Waals surface area contributed by atoms with E-state index in [1.165, 1.54) is 51.9 Å². The fourth-order valence-corrected chi connectivity index (χ4v) is 4.17. The molecule has 0 bridgehead atoms. The Balaban J connectivity index is 1.63. The fourth-order valence-electron chi connectivity index (χ4n) is 4.17. The molecule has 3 rings (SSSR count). The topological polar surface area (TPSA) is 15.3 Å². The second-order valence-electron chi connectivity index (χ2n) is 5.63. The lowest BCUT2D eigenvalue weighted by Crippen LogP contribution is -2.66. The second kappa shape index (κ2) is 4.06. The first-order valence-electron chi connectivity index (χ1n) is 6.86. The molecule has 0 radical (unpaired) electrons. The third-order valence-electron chi connectivity index (χ3n) is 5.01. The van der Waals surface area contributed by atoms with Crippen molar-refractivity contribution in [3.63, 3.8) is 0 Å². The molecule has 2 saturated carbocycles. The van der Waals surface area contributed by atoms with Crippen molar-refractivity contribution < 1.29 is 0 Å². The van der Waals surface area contributed by atoms with Crippen molar-refractivity contribution in [2.24, 2.45) is 17.8 Å². The Kier molecular flexibility index (Phi) is 2.73. The van der Waals surface area contributed by atoms with E-state index in [1.807, 2.05) is 0 Å². The van der Waals surface area contributed by atoms with Crippen molar-refractivity contribution in [2.75, 3.05) is 26.2 Å². The summed E-state index contributed by atoms with van der Waals surface area (Å²) in [5.41, 5.74) is 0. The monoisotopic (exact) mass is 208 g/mol. The standard InChI is InChI=1S/C13H24N2/c1-2-3-11-10-4-5-12(10)13(11)15-8-6-14-7-9-15/h10-14H,2-9H2,1H3. The molecule has 0 spiro atoms. The van der Waals surface area contributed by atoms with Crippen LogP contribution in [0.5, 0.6) is 0 Å². The first-order valence-corrected chi connectivity index (χ1v) is 6.86. The molecule has 15 heavy (non-hydrogen) atoms. The summed E-state index contributed by atoms with van der Waals surface area (Å²) in [6.45, 7) is 7.38. The molecule has 3 fully saturated rings. The molecule has 0 amide bonds. The van der Waals surface area contributed by atoms with Gasteiger partial charge in [0, 0.05) is 32.2 Å². The Morgan fingerprint density at radius 1 is 1.13 bits per heavy atom. The zero-order valence-corrected chi connectivity index (χ0v) is 9.91. The average molecular weight is 208 g/mol. The first kappa shape index (κ1) is 10.1. The quantitative estimate of drug-likeness (QED) is 0.759. The summed E-state index contributed by atoms with van der Waals surface area (Å²) in [5, 5.41) is 3.47. The van der Waals surface area contributed by atoms with Gasteiger partial charge in [0.15, 0.2) is 0 Å². The summed E-state index contributed by atoms with van der Waals surface area (Å²) in [4.78, 5) is 2.79. The van der Waals surface area contributed by atoms with Crippen LogP contribution in [0.1, 0.15) is 32.6 Å². The van der Waals surface area contributed by atoms with Gasteiger partial charge in [0.1, 0.15) is 0 Å². The predicted octanol–water partition coefficient (Wildman–Crippen LogP) is 1.72. The minimum absolute atomic E-state index is 0.978. The number of fused-ring (bicyclic) bond motifs is 1. The van der Waals surface area contributed by atoms with Crippen LogP contribution in [0, 0.1) is 17.8 Å². The van der Waals surface area contributed by atoms with Gasteiger partial charge in [-0.25, -0.2) is 0 Å². The van der Waals surface area contributed by atoms with Crippen LogP contribution in [0.4, 0.5) is 0 Å². The highest BCUT2D eigenvalue weighted by Crippen LogP contribution is 2.57. The van der Waals surface area contributed by atoms with E-state index in [9.17, 15) is 0 Å². The molecule has 3 aliphatic rings. The van der Waals surface area contributed by atoms with Crippen molar-refractivity contribution in [3.8, 4) is 0 Å². The van der Waals surface area contributed by atoms with Crippen molar-refractivity contribution in [3.05, 3.63) is 0 Å². The second-order valence-corrected chi connectivity index (χ2v) is 5.63. The van der Waals surface area contributed by atoms with Crippen molar-refractivity contribution in [1.29, 1.82) is 0 Å². The van der Waals surface area contributed by atoms with Gasteiger partial charge in [-0.1, -0.05) is 13.3 Å². The molecule has 2 nitrogen and oxygen atoms in total. The summed E-state index contributed by atoms with van der Waals surface area (Å²) in [6, 6.07) is 0.978. The van der Waals surface area contributed by atoms with Crippen LogP contribution in [0.25, 0.3) is 0 Å². The van der Waals surface area contributed by atoms with Crippen LogP contribution in [-0.2, 0) is 0 Å². The number of rotatable bonds is 3. The summed E-state index contributed by atoms with van der Waals surface area (Å²) >= 11 is 0.